The summed E-state index contributed by atoms with van der Waals surface area (Å²) in [5, 5.41) is 8.99. The molecule has 0 spiro atoms. The molecule has 0 radical (unpaired) electrons. The molecule has 16 heavy (non-hydrogen) atoms. The van der Waals surface area contributed by atoms with E-state index in [2.05, 4.69) is 10.1 Å². The Bertz CT molecular complexity index is 604. The molecule has 6 nitrogen and oxygen atoms in total. The Morgan fingerprint density at radius 1 is 1.38 bits per heavy atom. The standard InChI is InChI=1S/C9H10N4O2S/c1-7-8(16(10,14)15)6-12-13(7)9-4-2-3-5-11-9/h2-6H,1H3,(H2,10,14,15). The predicted molar refractivity (Wildman–Crippen MR) is 57.5 cm³/mol. The van der Waals surface area contributed by atoms with E-state index in [-0.39, 0.29) is 4.90 Å². The van der Waals surface area contributed by atoms with Crippen LogP contribution in [0.5, 0.6) is 0 Å². The van der Waals surface area contributed by atoms with E-state index >= 15 is 0 Å². The molecule has 2 aromatic rings. The number of nitrogens with two attached hydrogens (primary N) is 1. The van der Waals surface area contributed by atoms with E-state index in [4.69, 9.17) is 5.14 Å². The van der Waals surface area contributed by atoms with Crippen LogP contribution in [0.1, 0.15) is 5.69 Å². The number of rotatable bonds is 2. The van der Waals surface area contributed by atoms with Crippen molar-refractivity contribution < 1.29 is 8.42 Å². The van der Waals surface area contributed by atoms with Crippen molar-refractivity contribution in [1.29, 1.82) is 0 Å². The summed E-state index contributed by atoms with van der Waals surface area (Å²) in [6.07, 6.45) is 2.83. The van der Waals surface area contributed by atoms with Crippen molar-refractivity contribution in [1.82, 2.24) is 14.8 Å². The lowest BCUT2D eigenvalue weighted by Gasteiger charge is -2.02. The third-order valence-corrected chi connectivity index (χ3v) is 3.15. The van der Waals surface area contributed by atoms with Crippen LogP contribution in [0.15, 0.2) is 35.5 Å². The number of hydrogen-bond acceptors (Lipinski definition) is 4. The molecule has 0 saturated heterocycles. The second kappa shape index (κ2) is 3.69. The average Bonchev–Trinajstić information content (AvgIpc) is 2.61. The van der Waals surface area contributed by atoms with Gasteiger partial charge in [0.15, 0.2) is 5.82 Å². The number of aromatic nitrogens is 3. The van der Waals surface area contributed by atoms with Gasteiger partial charge in [-0.05, 0) is 19.1 Å². The third-order valence-electron chi connectivity index (χ3n) is 2.14. The zero-order valence-corrected chi connectivity index (χ0v) is 9.35. The van der Waals surface area contributed by atoms with Crippen molar-refractivity contribution in [2.75, 3.05) is 0 Å². The van der Waals surface area contributed by atoms with Gasteiger partial charge < -0.3 is 0 Å². The Hall–Kier alpha value is -1.73. The lowest BCUT2D eigenvalue weighted by molar-refractivity contribution is 0.597. The molecule has 2 N–H and O–H groups in total. The maximum absolute atomic E-state index is 11.2. The molecule has 0 unspecified atom stereocenters. The zero-order chi connectivity index (χ0) is 11.8. The van der Waals surface area contributed by atoms with E-state index in [9.17, 15) is 8.42 Å². The molecular formula is C9H10N4O2S. The minimum atomic E-state index is -3.73. The fourth-order valence-corrected chi connectivity index (χ4v) is 2.08. The summed E-state index contributed by atoms with van der Waals surface area (Å²) in [4.78, 5) is 4.08. The highest BCUT2D eigenvalue weighted by Crippen LogP contribution is 2.15. The first-order chi connectivity index (χ1) is 7.50. The van der Waals surface area contributed by atoms with Crippen molar-refractivity contribution in [3.8, 4) is 5.82 Å². The molecule has 0 atom stereocenters. The van der Waals surface area contributed by atoms with Crippen LogP contribution in [-0.4, -0.2) is 23.2 Å². The average molecular weight is 238 g/mol. The number of nitrogens with zero attached hydrogens (tertiary/aromatic N) is 3. The molecule has 84 valence electrons. The Morgan fingerprint density at radius 2 is 2.12 bits per heavy atom. The molecule has 0 aliphatic carbocycles. The first-order valence-electron chi connectivity index (χ1n) is 4.49. The minimum absolute atomic E-state index is 0.0122. The summed E-state index contributed by atoms with van der Waals surface area (Å²) in [5.41, 5.74) is 0.446. The maximum Gasteiger partial charge on any atom is 0.241 e. The van der Waals surface area contributed by atoms with Crippen LogP contribution >= 0.6 is 0 Å². The van der Waals surface area contributed by atoms with Gasteiger partial charge in [-0.3, -0.25) is 0 Å². The van der Waals surface area contributed by atoms with E-state index in [1.165, 1.54) is 10.9 Å². The van der Waals surface area contributed by atoms with Crippen molar-refractivity contribution in [3.05, 3.63) is 36.3 Å². The van der Waals surface area contributed by atoms with Crippen LogP contribution in [0.3, 0.4) is 0 Å². The van der Waals surface area contributed by atoms with E-state index in [1.807, 2.05) is 0 Å². The van der Waals surface area contributed by atoms with Crippen LogP contribution in [0, 0.1) is 6.92 Å². The van der Waals surface area contributed by atoms with Crippen molar-refractivity contribution in [2.24, 2.45) is 5.14 Å². The van der Waals surface area contributed by atoms with E-state index in [1.54, 1.807) is 31.3 Å². The molecule has 0 bridgehead atoms. The summed E-state index contributed by atoms with van der Waals surface area (Å²) in [6.45, 7) is 1.63. The highest BCUT2D eigenvalue weighted by Gasteiger charge is 2.17. The second-order valence-electron chi connectivity index (χ2n) is 3.24. The topological polar surface area (TPSA) is 90.9 Å². The number of pyridine rings is 1. The number of sulfonamides is 1. The molecule has 2 aromatic heterocycles. The lowest BCUT2D eigenvalue weighted by Crippen LogP contribution is -2.13. The van der Waals surface area contributed by atoms with Gasteiger partial charge in [-0.15, -0.1) is 0 Å². The summed E-state index contributed by atoms with van der Waals surface area (Å²) >= 11 is 0. The van der Waals surface area contributed by atoms with Gasteiger partial charge in [-0.1, -0.05) is 6.07 Å². The molecule has 2 heterocycles. The largest absolute Gasteiger partial charge is 0.241 e. The normalized spacial score (nSPS) is 11.6. The summed E-state index contributed by atoms with van der Waals surface area (Å²) < 4.78 is 23.8. The molecule has 0 fully saturated rings. The van der Waals surface area contributed by atoms with Gasteiger partial charge in [0, 0.05) is 6.20 Å². The molecule has 0 aromatic carbocycles. The first-order valence-corrected chi connectivity index (χ1v) is 6.03. The summed E-state index contributed by atoms with van der Waals surface area (Å²) in [6, 6.07) is 5.29. The van der Waals surface area contributed by atoms with E-state index < -0.39 is 10.0 Å². The van der Waals surface area contributed by atoms with Crippen LogP contribution < -0.4 is 5.14 Å². The van der Waals surface area contributed by atoms with Crippen LogP contribution in [-0.2, 0) is 10.0 Å². The van der Waals surface area contributed by atoms with Crippen molar-refractivity contribution in [3.63, 3.8) is 0 Å². The molecule has 7 heteroatoms. The van der Waals surface area contributed by atoms with Gasteiger partial charge in [0.2, 0.25) is 10.0 Å². The Kier molecular flexibility index (Phi) is 2.49. The van der Waals surface area contributed by atoms with Crippen molar-refractivity contribution in [2.45, 2.75) is 11.8 Å². The SMILES string of the molecule is Cc1c(S(N)(=O)=O)cnn1-c1ccccn1. The Morgan fingerprint density at radius 3 is 2.62 bits per heavy atom. The summed E-state index contributed by atoms with van der Waals surface area (Å²) in [5.74, 6) is 0.551. The van der Waals surface area contributed by atoms with Crippen LogP contribution in [0.4, 0.5) is 0 Å². The van der Waals surface area contributed by atoms with Crippen LogP contribution in [0.2, 0.25) is 0 Å². The predicted octanol–water partition coefficient (Wildman–Crippen LogP) is 0.223. The monoisotopic (exact) mass is 238 g/mol. The molecule has 0 amide bonds. The van der Waals surface area contributed by atoms with Crippen LogP contribution in [0.25, 0.3) is 5.82 Å². The first kappa shape index (κ1) is 10.8. The lowest BCUT2D eigenvalue weighted by atomic mass is 10.4. The Balaban J connectivity index is 2.59. The molecule has 0 aliphatic rings. The van der Waals surface area contributed by atoms with Gasteiger partial charge in [-0.2, -0.15) is 5.10 Å². The number of hydrogen-bond donors (Lipinski definition) is 1. The molecule has 2 rings (SSSR count). The van der Waals surface area contributed by atoms with E-state index in [0.29, 0.717) is 11.5 Å². The van der Waals surface area contributed by atoms with E-state index in [0.717, 1.165) is 0 Å². The molecule has 0 saturated carbocycles. The zero-order valence-electron chi connectivity index (χ0n) is 8.53. The van der Waals surface area contributed by atoms with Gasteiger partial charge in [-0.25, -0.2) is 23.2 Å². The highest BCUT2D eigenvalue weighted by molar-refractivity contribution is 7.89. The van der Waals surface area contributed by atoms with Gasteiger partial charge >= 0.3 is 0 Å². The smallest absolute Gasteiger partial charge is 0.237 e. The van der Waals surface area contributed by atoms with Gasteiger partial charge in [0.25, 0.3) is 0 Å². The van der Waals surface area contributed by atoms with Crippen molar-refractivity contribution >= 4 is 10.0 Å². The minimum Gasteiger partial charge on any atom is -0.237 e. The summed E-state index contributed by atoms with van der Waals surface area (Å²) in [7, 11) is -3.73. The Labute approximate surface area is 92.8 Å². The third kappa shape index (κ3) is 1.82. The number of primary sulfonamides is 1. The molecule has 0 aliphatic heterocycles. The fraction of sp³-hybridized carbons (Fsp3) is 0.111. The van der Waals surface area contributed by atoms with Gasteiger partial charge in [0.1, 0.15) is 4.90 Å². The fourth-order valence-electron chi connectivity index (χ4n) is 1.38. The second-order valence-corrected chi connectivity index (χ2v) is 4.77. The molecular weight excluding hydrogens is 228 g/mol. The quantitative estimate of drug-likeness (QED) is 0.810. The maximum atomic E-state index is 11.2. The highest BCUT2D eigenvalue weighted by atomic mass is 32.2. The van der Waals surface area contributed by atoms with Gasteiger partial charge in [0.05, 0.1) is 11.9 Å².